The lowest BCUT2D eigenvalue weighted by Gasteiger charge is -2.12. The van der Waals surface area contributed by atoms with Gasteiger partial charge in [-0.15, -0.1) is 0 Å². The van der Waals surface area contributed by atoms with Crippen molar-refractivity contribution in [2.75, 3.05) is 11.9 Å². The second kappa shape index (κ2) is 9.36. The van der Waals surface area contributed by atoms with Crippen LogP contribution >= 0.6 is 23.2 Å². The highest BCUT2D eigenvalue weighted by molar-refractivity contribution is 6.39. The maximum atomic E-state index is 11.9. The lowest BCUT2D eigenvalue weighted by molar-refractivity contribution is -0.147. The number of benzene rings is 2. The summed E-state index contributed by atoms with van der Waals surface area (Å²) in [4.78, 5) is 33.7. The first-order valence-corrected chi connectivity index (χ1v) is 8.52. The Balaban J connectivity index is 2.14. The van der Waals surface area contributed by atoms with Gasteiger partial charge in [0.1, 0.15) is 5.75 Å². The van der Waals surface area contributed by atoms with E-state index in [0.717, 1.165) is 0 Å². The Hall–Kier alpha value is -2.61. The number of ketones is 1. The minimum absolute atomic E-state index is 0.0488. The number of anilines is 1. The van der Waals surface area contributed by atoms with Crippen molar-refractivity contribution in [3.05, 3.63) is 52.0 Å². The predicted molar refractivity (Wildman–Crippen MR) is 99.9 cm³/mol. The van der Waals surface area contributed by atoms with Gasteiger partial charge in [0.15, 0.2) is 11.5 Å². The van der Waals surface area contributed by atoms with Gasteiger partial charge < -0.3 is 20.3 Å². The van der Waals surface area contributed by atoms with Gasteiger partial charge in [-0.2, -0.15) is 0 Å². The van der Waals surface area contributed by atoms with E-state index in [1.807, 2.05) is 0 Å². The van der Waals surface area contributed by atoms with Crippen molar-refractivity contribution in [2.24, 2.45) is 0 Å². The highest BCUT2D eigenvalue weighted by atomic mass is 35.5. The number of aliphatic hydroxyl groups is 1. The van der Waals surface area contributed by atoms with Crippen LogP contribution in [0.5, 0.6) is 11.5 Å². The second-order valence-corrected chi connectivity index (χ2v) is 6.22. The number of carbonyl (C=O) groups is 3. The van der Waals surface area contributed by atoms with Crippen LogP contribution in [0.25, 0.3) is 0 Å². The maximum absolute atomic E-state index is 11.9. The van der Waals surface area contributed by atoms with Gasteiger partial charge in [-0.05, 0) is 42.8 Å². The largest absolute Gasteiger partial charge is 0.474 e. The zero-order valence-corrected chi connectivity index (χ0v) is 15.4. The van der Waals surface area contributed by atoms with Gasteiger partial charge in [0.05, 0.1) is 10.0 Å². The van der Waals surface area contributed by atoms with Gasteiger partial charge in [-0.1, -0.05) is 23.2 Å². The van der Waals surface area contributed by atoms with Gasteiger partial charge in [-0.25, -0.2) is 4.79 Å². The maximum Gasteiger partial charge on any atom is 0.394 e. The normalized spacial score (nSPS) is 10.3. The first-order valence-electron chi connectivity index (χ1n) is 7.77. The van der Waals surface area contributed by atoms with Crippen molar-refractivity contribution in [3.63, 3.8) is 0 Å². The molecule has 3 N–H and O–H groups in total. The summed E-state index contributed by atoms with van der Waals surface area (Å²) in [6, 6.07) is 8.90. The van der Waals surface area contributed by atoms with Crippen molar-refractivity contribution in [1.29, 1.82) is 0 Å². The van der Waals surface area contributed by atoms with Crippen LogP contribution in [0.15, 0.2) is 36.4 Å². The van der Waals surface area contributed by atoms with Crippen molar-refractivity contribution in [3.8, 4) is 11.5 Å². The van der Waals surface area contributed by atoms with Gasteiger partial charge in [0, 0.05) is 24.3 Å². The third-order valence-corrected chi connectivity index (χ3v) is 3.97. The van der Waals surface area contributed by atoms with Crippen molar-refractivity contribution < 1.29 is 29.3 Å². The molecule has 0 unspecified atom stereocenters. The molecule has 1 amide bonds. The zero-order chi connectivity index (χ0) is 20.0. The Kier molecular flexibility index (Phi) is 7.18. The Morgan fingerprint density at radius 3 is 2.15 bits per heavy atom. The molecule has 0 heterocycles. The Labute approximate surface area is 164 Å². The summed E-state index contributed by atoms with van der Waals surface area (Å²) in [6.07, 6.45) is 0.644. The van der Waals surface area contributed by atoms with Gasteiger partial charge >= 0.3 is 11.9 Å². The number of hydrogen-bond donors (Lipinski definition) is 3. The number of hydrogen-bond acceptors (Lipinski definition) is 5. The zero-order valence-electron chi connectivity index (χ0n) is 13.9. The van der Waals surface area contributed by atoms with Crippen LogP contribution in [0.4, 0.5) is 5.69 Å². The molecule has 0 spiro atoms. The fourth-order valence-electron chi connectivity index (χ4n) is 2.12. The summed E-state index contributed by atoms with van der Waals surface area (Å²) < 4.78 is 5.62. The summed E-state index contributed by atoms with van der Waals surface area (Å²) >= 11 is 12.2. The molecular weight excluding hydrogens is 397 g/mol. The first-order chi connectivity index (χ1) is 12.8. The Morgan fingerprint density at radius 1 is 1.04 bits per heavy atom. The molecule has 27 heavy (non-hydrogen) atoms. The number of amides is 1. The number of rotatable bonds is 7. The number of ether oxygens (including phenoxy) is 1. The van der Waals surface area contributed by atoms with Crippen LogP contribution in [-0.2, 0) is 9.59 Å². The van der Waals surface area contributed by atoms with E-state index in [0.29, 0.717) is 17.7 Å². The molecule has 7 nitrogen and oxygen atoms in total. The lowest BCUT2D eigenvalue weighted by Crippen LogP contribution is -2.21. The topological polar surface area (TPSA) is 113 Å². The average molecular weight is 412 g/mol. The molecule has 2 aromatic carbocycles. The lowest BCUT2D eigenvalue weighted by atomic mass is 10.1. The van der Waals surface area contributed by atoms with E-state index < -0.39 is 11.9 Å². The molecule has 0 aliphatic rings. The Morgan fingerprint density at radius 2 is 1.63 bits per heavy atom. The fraction of sp³-hybridized carbons (Fsp3) is 0.167. The molecule has 0 fully saturated rings. The van der Waals surface area contributed by atoms with Gasteiger partial charge in [0.2, 0.25) is 0 Å². The standard InChI is InChI=1S/C18H15Cl2NO6/c19-13-8-11(21-17(24)18(25)26)9-14(20)16(13)27-12-5-3-10(4-6-12)15(23)2-1-7-22/h3-6,8-9,22H,1-2,7H2,(H,21,24)(H,25,26). The van der Waals surface area contributed by atoms with E-state index in [1.165, 1.54) is 12.1 Å². The van der Waals surface area contributed by atoms with E-state index in [9.17, 15) is 14.4 Å². The van der Waals surface area contributed by atoms with Crippen molar-refractivity contribution in [2.45, 2.75) is 12.8 Å². The van der Waals surface area contributed by atoms with Gasteiger partial charge in [-0.3, -0.25) is 9.59 Å². The van der Waals surface area contributed by atoms with Crippen LogP contribution < -0.4 is 10.1 Å². The minimum Gasteiger partial charge on any atom is -0.474 e. The second-order valence-electron chi connectivity index (χ2n) is 5.41. The number of Topliss-reactive ketones (excluding diaryl/α,β-unsaturated/α-hetero) is 1. The summed E-state index contributed by atoms with van der Waals surface area (Å²) in [5.74, 6) is -2.47. The predicted octanol–water partition coefficient (Wildman–Crippen LogP) is 3.76. The van der Waals surface area contributed by atoms with Crippen molar-refractivity contribution >= 4 is 46.5 Å². The number of carboxylic acids is 1. The number of halogens is 2. The molecule has 0 saturated carbocycles. The molecule has 0 saturated heterocycles. The van der Waals surface area contributed by atoms with E-state index >= 15 is 0 Å². The average Bonchev–Trinajstić information content (AvgIpc) is 2.63. The van der Waals surface area contributed by atoms with E-state index in [2.05, 4.69) is 5.32 Å². The van der Waals surface area contributed by atoms with Crippen LogP contribution in [0, 0.1) is 0 Å². The highest BCUT2D eigenvalue weighted by Gasteiger charge is 2.16. The summed E-state index contributed by atoms with van der Waals surface area (Å²) in [5, 5.41) is 19.6. The number of carboxylic acid groups (broad SMARTS) is 1. The first kappa shape index (κ1) is 20.7. The molecule has 0 radical (unpaired) electrons. The van der Waals surface area contributed by atoms with Crippen LogP contribution in [-0.4, -0.2) is 34.5 Å². The summed E-state index contributed by atoms with van der Waals surface area (Å²) in [5.41, 5.74) is 0.592. The molecule has 0 aliphatic heterocycles. The van der Waals surface area contributed by atoms with Crippen LogP contribution in [0.2, 0.25) is 10.0 Å². The summed E-state index contributed by atoms with van der Waals surface area (Å²) in [6.45, 7) is -0.0488. The third kappa shape index (κ3) is 5.68. The molecular formula is C18H15Cl2NO6. The quantitative estimate of drug-likeness (QED) is 0.472. The smallest absolute Gasteiger partial charge is 0.394 e. The highest BCUT2D eigenvalue weighted by Crippen LogP contribution is 2.38. The van der Waals surface area contributed by atoms with E-state index in [1.54, 1.807) is 24.3 Å². The molecule has 2 rings (SSSR count). The Bertz CT molecular complexity index is 844. The number of nitrogens with one attached hydrogen (secondary N) is 1. The summed E-state index contributed by atoms with van der Waals surface area (Å²) in [7, 11) is 0. The fourth-order valence-corrected chi connectivity index (χ4v) is 2.69. The molecule has 0 atom stereocenters. The number of carbonyl (C=O) groups excluding carboxylic acids is 2. The third-order valence-electron chi connectivity index (χ3n) is 3.41. The van der Waals surface area contributed by atoms with Crippen LogP contribution in [0.3, 0.4) is 0 Å². The van der Waals surface area contributed by atoms with Crippen molar-refractivity contribution in [1.82, 2.24) is 0 Å². The van der Waals surface area contributed by atoms with E-state index in [4.69, 9.17) is 38.2 Å². The molecule has 9 heteroatoms. The monoisotopic (exact) mass is 411 g/mol. The van der Waals surface area contributed by atoms with Crippen LogP contribution in [0.1, 0.15) is 23.2 Å². The molecule has 2 aromatic rings. The molecule has 0 aliphatic carbocycles. The number of aliphatic carboxylic acids is 1. The molecule has 142 valence electrons. The SMILES string of the molecule is O=C(O)C(=O)Nc1cc(Cl)c(Oc2ccc(C(=O)CCCO)cc2)c(Cl)c1. The molecule has 0 aromatic heterocycles. The van der Waals surface area contributed by atoms with E-state index in [-0.39, 0.29) is 40.3 Å². The van der Waals surface area contributed by atoms with Gasteiger partial charge in [0.25, 0.3) is 0 Å². The molecule has 0 bridgehead atoms. The minimum atomic E-state index is -1.64. The number of aliphatic hydroxyl groups excluding tert-OH is 1.